The lowest BCUT2D eigenvalue weighted by atomic mass is 9.73. The van der Waals surface area contributed by atoms with Crippen molar-refractivity contribution in [1.29, 1.82) is 0 Å². The lowest BCUT2D eigenvalue weighted by molar-refractivity contribution is -0.162. The first-order valence-electron chi connectivity index (χ1n) is 6.17. The molecule has 5 nitrogen and oxygen atoms in total. The van der Waals surface area contributed by atoms with Crippen molar-refractivity contribution in [2.45, 2.75) is 38.6 Å². The molecule has 2 aliphatic rings. The van der Waals surface area contributed by atoms with Crippen LogP contribution in [0.15, 0.2) is 0 Å². The summed E-state index contributed by atoms with van der Waals surface area (Å²) in [5.74, 6) is -1.64. The molecule has 1 aliphatic heterocycles. The van der Waals surface area contributed by atoms with Gasteiger partial charge in [0.2, 0.25) is 5.91 Å². The van der Waals surface area contributed by atoms with Gasteiger partial charge in [-0.3, -0.25) is 9.59 Å². The smallest absolute Gasteiger partial charge is 0.319 e. The van der Waals surface area contributed by atoms with Gasteiger partial charge in [0.25, 0.3) is 0 Å². The summed E-state index contributed by atoms with van der Waals surface area (Å²) in [4.78, 5) is 23.6. The van der Waals surface area contributed by atoms with E-state index in [-0.39, 0.29) is 17.9 Å². The molecule has 0 bridgehead atoms. The van der Waals surface area contributed by atoms with Crippen LogP contribution in [0.5, 0.6) is 0 Å². The van der Waals surface area contributed by atoms with E-state index in [1.807, 2.05) is 0 Å². The van der Waals surface area contributed by atoms with Crippen molar-refractivity contribution in [2.24, 2.45) is 11.3 Å². The normalized spacial score (nSPS) is 28.2. The maximum Gasteiger partial charge on any atom is 0.319 e. The number of carboxylic acids is 1. The second-order valence-corrected chi connectivity index (χ2v) is 5.17. The third-order valence-electron chi connectivity index (χ3n) is 3.81. The summed E-state index contributed by atoms with van der Waals surface area (Å²) < 4.78 is 5.31. The molecule has 96 valence electrons. The van der Waals surface area contributed by atoms with E-state index in [2.05, 4.69) is 5.32 Å². The van der Waals surface area contributed by atoms with Gasteiger partial charge < -0.3 is 15.2 Å². The lowest BCUT2D eigenvalue weighted by Gasteiger charge is -2.34. The van der Waals surface area contributed by atoms with Gasteiger partial charge in [-0.25, -0.2) is 0 Å². The summed E-state index contributed by atoms with van der Waals surface area (Å²) in [7, 11) is 0. The Hall–Kier alpha value is -1.10. The van der Waals surface area contributed by atoms with E-state index in [0.29, 0.717) is 13.2 Å². The lowest BCUT2D eigenvalue weighted by Crippen LogP contribution is -2.52. The molecule has 1 aliphatic carbocycles. The number of carboxylic acid groups (broad SMARTS) is 1. The van der Waals surface area contributed by atoms with E-state index in [1.165, 1.54) is 6.92 Å². The van der Waals surface area contributed by atoms with Crippen LogP contribution in [-0.4, -0.2) is 36.2 Å². The molecule has 2 unspecified atom stereocenters. The van der Waals surface area contributed by atoms with Crippen molar-refractivity contribution in [1.82, 2.24) is 5.32 Å². The summed E-state index contributed by atoms with van der Waals surface area (Å²) >= 11 is 0. The van der Waals surface area contributed by atoms with Gasteiger partial charge in [0.1, 0.15) is 5.41 Å². The highest BCUT2D eigenvalue weighted by molar-refractivity contribution is 6.02. The topological polar surface area (TPSA) is 75.6 Å². The molecule has 0 radical (unpaired) electrons. The van der Waals surface area contributed by atoms with E-state index >= 15 is 0 Å². The number of aliphatic carboxylic acids is 1. The first-order valence-corrected chi connectivity index (χ1v) is 6.17. The van der Waals surface area contributed by atoms with Crippen LogP contribution in [0.1, 0.15) is 32.6 Å². The third kappa shape index (κ3) is 2.44. The Morgan fingerprint density at radius 2 is 2.06 bits per heavy atom. The molecule has 0 spiro atoms. The number of amides is 1. The first-order chi connectivity index (χ1) is 8.05. The number of ether oxygens (including phenoxy) is 1. The highest BCUT2D eigenvalue weighted by Crippen LogP contribution is 2.35. The minimum Gasteiger partial charge on any atom is -0.480 e. The van der Waals surface area contributed by atoms with Crippen LogP contribution in [0.25, 0.3) is 0 Å². The fourth-order valence-corrected chi connectivity index (χ4v) is 2.22. The van der Waals surface area contributed by atoms with Crippen LogP contribution < -0.4 is 5.32 Å². The van der Waals surface area contributed by atoms with Gasteiger partial charge in [0.15, 0.2) is 0 Å². The Balaban J connectivity index is 2.11. The number of rotatable bonds is 4. The van der Waals surface area contributed by atoms with Crippen molar-refractivity contribution in [3.8, 4) is 0 Å². The molecule has 1 amide bonds. The Labute approximate surface area is 101 Å². The number of nitrogens with one attached hydrogen (secondary N) is 1. The van der Waals surface area contributed by atoms with Crippen molar-refractivity contribution in [2.75, 3.05) is 13.2 Å². The zero-order valence-electron chi connectivity index (χ0n) is 10.1. The van der Waals surface area contributed by atoms with Crippen LogP contribution in [0.2, 0.25) is 0 Å². The highest BCUT2D eigenvalue weighted by Gasteiger charge is 2.49. The molecule has 0 aromatic heterocycles. The average Bonchev–Trinajstić information content (AvgIpc) is 3.12. The quantitative estimate of drug-likeness (QED) is 0.713. The molecule has 1 saturated carbocycles. The van der Waals surface area contributed by atoms with E-state index in [4.69, 9.17) is 4.74 Å². The predicted octanol–water partition coefficient (Wildman–Crippen LogP) is 0.782. The molecule has 1 saturated heterocycles. The van der Waals surface area contributed by atoms with E-state index in [0.717, 1.165) is 25.7 Å². The third-order valence-corrected chi connectivity index (χ3v) is 3.81. The van der Waals surface area contributed by atoms with Crippen LogP contribution in [0, 0.1) is 11.3 Å². The second-order valence-electron chi connectivity index (χ2n) is 5.17. The number of hydrogen-bond acceptors (Lipinski definition) is 3. The molecule has 17 heavy (non-hydrogen) atoms. The van der Waals surface area contributed by atoms with Gasteiger partial charge in [-0.15, -0.1) is 0 Å². The van der Waals surface area contributed by atoms with Gasteiger partial charge >= 0.3 is 5.97 Å². The first kappa shape index (κ1) is 12.4. The zero-order chi connectivity index (χ0) is 12.5. The Morgan fingerprint density at radius 1 is 1.35 bits per heavy atom. The van der Waals surface area contributed by atoms with E-state index in [1.54, 1.807) is 0 Å². The SMILES string of the molecule is CC(C(=O)O)(C(=O)NC1CC1)C1CCCOC1. The summed E-state index contributed by atoms with van der Waals surface area (Å²) in [6.45, 7) is 2.55. The second kappa shape index (κ2) is 4.64. The molecule has 0 aromatic carbocycles. The summed E-state index contributed by atoms with van der Waals surface area (Å²) in [5.41, 5.74) is -1.36. The summed E-state index contributed by atoms with van der Waals surface area (Å²) in [6.07, 6.45) is 3.48. The number of carbonyl (C=O) groups is 2. The highest BCUT2D eigenvalue weighted by atomic mass is 16.5. The van der Waals surface area contributed by atoms with Crippen LogP contribution in [-0.2, 0) is 14.3 Å². The fraction of sp³-hybridized carbons (Fsp3) is 0.833. The molecule has 2 rings (SSSR count). The maximum atomic E-state index is 12.1. The molecule has 1 heterocycles. The molecule has 5 heteroatoms. The molecular weight excluding hydrogens is 222 g/mol. The fourth-order valence-electron chi connectivity index (χ4n) is 2.22. The Morgan fingerprint density at radius 3 is 2.53 bits per heavy atom. The maximum absolute atomic E-state index is 12.1. The van der Waals surface area contributed by atoms with Gasteiger partial charge in [-0.2, -0.15) is 0 Å². The van der Waals surface area contributed by atoms with Gasteiger partial charge in [0, 0.05) is 18.6 Å². The molecule has 2 atom stereocenters. The summed E-state index contributed by atoms with van der Waals surface area (Å²) in [5, 5.41) is 12.2. The van der Waals surface area contributed by atoms with Crippen molar-refractivity contribution >= 4 is 11.9 Å². The Kier molecular flexibility index (Phi) is 3.38. The molecule has 2 fully saturated rings. The average molecular weight is 241 g/mol. The van der Waals surface area contributed by atoms with E-state index < -0.39 is 11.4 Å². The van der Waals surface area contributed by atoms with Gasteiger partial charge in [-0.1, -0.05) is 0 Å². The predicted molar refractivity (Wildman–Crippen MR) is 60.5 cm³/mol. The molecule has 2 N–H and O–H groups in total. The van der Waals surface area contributed by atoms with Crippen LogP contribution in [0.3, 0.4) is 0 Å². The minimum absolute atomic E-state index is 0.186. The van der Waals surface area contributed by atoms with Crippen LogP contribution >= 0.6 is 0 Å². The zero-order valence-corrected chi connectivity index (χ0v) is 10.1. The van der Waals surface area contributed by atoms with E-state index in [9.17, 15) is 14.7 Å². The molecule has 0 aromatic rings. The monoisotopic (exact) mass is 241 g/mol. The van der Waals surface area contributed by atoms with Crippen molar-refractivity contribution in [3.05, 3.63) is 0 Å². The van der Waals surface area contributed by atoms with Gasteiger partial charge in [-0.05, 0) is 32.6 Å². The van der Waals surface area contributed by atoms with Gasteiger partial charge in [0.05, 0.1) is 6.61 Å². The Bertz CT molecular complexity index is 320. The molecular formula is C12H19NO4. The standard InChI is InChI=1S/C12H19NO4/c1-12(11(15)16,8-3-2-6-17-7-8)10(14)13-9-4-5-9/h8-9H,2-7H2,1H3,(H,13,14)(H,15,16). The number of hydrogen-bond donors (Lipinski definition) is 2. The number of carbonyl (C=O) groups excluding carboxylic acids is 1. The van der Waals surface area contributed by atoms with Crippen LogP contribution in [0.4, 0.5) is 0 Å². The van der Waals surface area contributed by atoms with Crippen molar-refractivity contribution < 1.29 is 19.4 Å². The summed E-state index contributed by atoms with van der Waals surface area (Å²) in [6, 6.07) is 0.186. The minimum atomic E-state index is -1.36. The largest absolute Gasteiger partial charge is 0.480 e. The van der Waals surface area contributed by atoms with Crippen molar-refractivity contribution in [3.63, 3.8) is 0 Å².